The van der Waals surface area contributed by atoms with Crippen LogP contribution in [0.3, 0.4) is 0 Å². The smallest absolute Gasteiger partial charge is 0.318 e. The standard InChI is InChI=1S/C14H18F2O3/c1-3-14(18,10-8-6-5-7-9-10)11(12(15)16)13(17)19-4-2/h5-9,11-12,18H,3-4H2,1-2H3. The number of esters is 1. The van der Waals surface area contributed by atoms with Crippen LogP contribution in [0.1, 0.15) is 25.8 Å². The number of hydrogen-bond acceptors (Lipinski definition) is 3. The third kappa shape index (κ3) is 3.29. The maximum Gasteiger partial charge on any atom is 0.318 e. The minimum atomic E-state index is -3.00. The van der Waals surface area contributed by atoms with Gasteiger partial charge in [-0.2, -0.15) is 0 Å². The van der Waals surface area contributed by atoms with Crippen molar-refractivity contribution in [1.29, 1.82) is 0 Å². The van der Waals surface area contributed by atoms with Crippen LogP contribution in [0.4, 0.5) is 8.78 Å². The highest BCUT2D eigenvalue weighted by molar-refractivity contribution is 5.74. The third-order valence-electron chi connectivity index (χ3n) is 3.12. The van der Waals surface area contributed by atoms with Gasteiger partial charge in [-0.25, -0.2) is 8.78 Å². The molecule has 0 saturated carbocycles. The molecule has 0 saturated heterocycles. The van der Waals surface area contributed by atoms with E-state index in [2.05, 4.69) is 4.74 Å². The Morgan fingerprint density at radius 1 is 1.32 bits per heavy atom. The molecule has 0 aliphatic heterocycles. The minimum Gasteiger partial charge on any atom is -0.466 e. The highest BCUT2D eigenvalue weighted by Gasteiger charge is 2.48. The molecule has 2 unspecified atom stereocenters. The molecule has 19 heavy (non-hydrogen) atoms. The van der Waals surface area contributed by atoms with Gasteiger partial charge in [-0.05, 0) is 18.9 Å². The van der Waals surface area contributed by atoms with E-state index in [0.717, 1.165) is 0 Å². The summed E-state index contributed by atoms with van der Waals surface area (Å²) in [5, 5.41) is 10.5. The first kappa shape index (κ1) is 15.6. The molecule has 1 rings (SSSR count). The lowest BCUT2D eigenvalue weighted by atomic mass is 9.79. The normalized spacial score (nSPS) is 15.9. The predicted molar refractivity (Wildman–Crippen MR) is 66.8 cm³/mol. The summed E-state index contributed by atoms with van der Waals surface area (Å²) in [5.74, 6) is -2.97. The predicted octanol–water partition coefficient (Wildman–Crippen LogP) is 2.73. The number of aliphatic hydroxyl groups is 1. The van der Waals surface area contributed by atoms with Crippen molar-refractivity contribution in [1.82, 2.24) is 0 Å². The molecule has 5 heteroatoms. The second-order valence-corrected chi connectivity index (χ2v) is 4.21. The summed E-state index contributed by atoms with van der Waals surface area (Å²) >= 11 is 0. The molecule has 0 spiro atoms. The summed E-state index contributed by atoms with van der Waals surface area (Å²) in [6.45, 7) is 3.09. The summed E-state index contributed by atoms with van der Waals surface area (Å²) in [7, 11) is 0. The van der Waals surface area contributed by atoms with Gasteiger partial charge in [-0.15, -0.1) is 0 Å². The molecule has 0 fully saturated rings. The van der Waals surface area contributed by atoms with Crippen LogP contribution in [-0.2, 0) is 15.1 Å². The van der Waals surface area contributed by atoms with Gasteiger partial charge < -0.3 is 9.84 Å². The van der Waals surface area contributed by atoms with Gasteiger partial charge in [0.25, 0.3) is 6.43 Å². The third-order valence-corrected chi connectivity index (χ3v) is 3.12. The number of rotatable bonds is 6. The fourth-order valence-electron chi connectivity index (χ4n) is 2.07. The molecular weight excluding hydrogens is 254 g/mol. The number of hydrogen-bond donors (Lipinski definition) is 1. The van der Waals surface area contributed by atoms with Gasteiger partial charge in [0.1, 0.15) is 5.60 Å². The van der Waals surface area contributed by atoms with Gasteiger partial charge in [0.15, 0.2) is 5.92 Å². The monoisotopic (exact) mass is 272 g/mol. The Bertz CT molecular complexity index is 408. The number of benzene rings is 1. The summed E-state index contributed by atoms with van der Waals surface area (Å²) in [4.78, 5) is 11.7. The van der Waals surface area contributed by atoms with Crippen molar-refractivity contribution in [3.05, 3.63) is 35.9 Å². The van der Waals surface area contributed by atoms with Crippen LogP contribution in [0, 0.1) is 5.92 Å². The van der Waals surface area contributed by atoms with Gasteiger partial charge >= 0.3 is 5.97 Å². The van der Waals surface area contributed by atoms with Gasteiger partial charge in [0.05, 0.1) is 6.61 Å². The lowest BCUT2D eigenvalue weighted by Gasteiger charge is -2.33. The van der Waals surface area contributed by atoms with E-state index in [0.29, 0.717) is 0 Å². The van der Waals surface area contributed by atoms with Crippen molar-refractivity contribution in [2.75, 3.05) is 6.61 Å². The zero-order valence-corrected chi connectivity index (χ0v) is 11.0. The van der Waals surface area contributed by atoms with Crippen LogP contribution < -0.4 is 0 Å². The van der Waals surface area contributed by atoms with Crippen molar-refractivity contribution in [3.8, 4) is 0 Å². The molecule has 0 aliphatic carbocycles. The molecule has 0 aromatic heterocycles. The van der Waals surface area contributed by atoms with Crippen LogP contribution in [0.25, 0.3) is 0 Å². The zero-order valence-electron chi connectivity index (χ0n) is 11.0. The van der Waals surface area contributed by atoms with E-state index < -0.39 is 23.9 Å². The molecule has 0 radical (unpaired) electrons. The number of alkyl halides is 2. The second-order valence-electron chi connectivity index (χ2n) is 4.21. The number of ether oxygens (including phenoxy) is 1. The van der Waals surface area contributed by atoms with Crippen LogP contribution in [0.5, 0.6) is 0 Å². The fraction of sp³-hybridized carbons (Fsp3) is 0.500. The van der Waals surface area contributed by atoms with E-state index in [1.165, 1.54) is 19.1 Å². The molecule has 3 nitrogen and oxygen atoms in total. The van der Waals surface area contributed by atoms with Crippen LogP contribution in [0.2, 0.25) is 0 Å². The van der Waals surface area contributed by atoms with Gasteiger partial charge in [0, 0.05) is 0 Å². The van der Waals surface area contributed by atoms with Crippen molar-refractivity contribution >= 4 is 5.97 Å². The van der Waals surface area contributed by atoms with E-state index in [1.54, 1.807) is 25.1 Å². The Hall–Kier alpha value is -1.49. The highest BCUT2D eigenvalue weighted by atomic mass is 19.3. The number of carbonyl (C=O) groups is 1. The van der Waals surface area contributed by atoms with Crippen molar-refractivity contribution in [2.45, 2.75) is 32.3 Å². The Morgan fingerprint density at radius 3 is 2.32 bits per heavy atom. The quantitative estimate of drug-likeness (QED) is 0.810. The molecule has 106 valence electrons. The topological polar surface area (TPSA) is 46.5 Å². The number of carbonyl (C=O) groups excluding carboxylic acids is 1. The number of halogens is 2. The van der Waals surface area contributed by atoms with Gasteiger partial charge in [-0.3, -0.25) is 4.79 Å². The lowest BCUT2D eigenvalue weighted by Crippen LogP contribution is -2.44. The molecule has 1 aromatic rings. The average molecular weight is 272 g/mol. The van der Waals surface area contributed by atoms with Crippen LogP contribution in [0.15, 0.2) is 30.3 Å². The SMILES string of the molecule is CCOC(=O)C(C(F)F)C(O)(CC)c1ccccc1. The molecule has 0 bridgehead atoms. The largest absolute Gasteiger partial charge is 0.466 e. The average Bonchev–Trinajstić information content (AvgIpc) is 2.39. The van der Waals surface area contributed by atoms with Gasteiger partial charge in [-0.1, -0.05) is 37.3 Å². The Kier molecular flexibility index (Phi) is 5.42. The van der Waals surface area contributed by atoms with Crippen molar-refractivity contribution < 1.29 is 23.4 Å². The summed E-state index contributed by atoms with van der Waals surface area (Å²) in [6.07, 6.45) is -3.01. The van der Waals surface area contributed by atoms with E-state index in [1.807, 2.05) is 0 Å². The molecular formula is C14H18F2O3. The Morgan fingerprint density at radius 2 is 1.89 bits per heavy atom. The highest BCUT2D eigenvalue weighted by Crippen LogP contribution is 2.37. The lowest BCUT2D eigenvalue weighted by molar-refractivity contribution is -0.172. The minimum absolute atomic E-state index is 0.00334. The zero-order chi connectivity index (χ0) is 14.5. The molecule has 1 N–H and O–H groups in total. The van der Waals surface area contributed by atoms with Crippen molar-refractivity contribution in [3.63, 3.8) is 0 Å². The molecule has 0 amide bonds. The fourth-order valence-corrected chi connectivity index (χ4v) is 2.07. The molecule has 0 aliphatic rings. The molecule has 2 atom stereocenters. The maximum atomic E-state index is 13.2. The van der Waals surface area contributed by atoms with Crippen LogP contribution in [-0.4, -0.2) is 24.1 Å². The molecule has 0 heterocycles. The van der Waals surface area contributed by atoms with E-state index >= 15 is 0 Å². The van der Waals surface area contributed by atoms with Gasteiger partial charge in [0.2, 0.25) is 0 Å². The Labute approximate surface area is 111 Å². The van der Waals surface area contributed by atoms with Crippen molar-refractivity contribution in [2.24, 2.45) is 5.92 Å². The summed E-state index contributed by atoms with van der Waals surface area (Å²) in [5.41, 5.74) is -1.64. The first-order valence-electron chi connectivity index (χ1n) is 6.20. The Balaban J connectivity index is 3.19. The van der Waals surface area contributed by atoms with E-state index in [9.17, 15) is 18.7 Å². The van der Waals surface area contributed by atoms with E-state index in [4.69, 9.17) is 0 Å². The summed E-state index contributed by atoms with van der Waals surface area (Å²) in [6, 6.07) is 8.02. The van der Waals surface area contributed by atoms with Crippen LogP contribution >= 0.6 is 0 Å². The molecule has 1 aromatic carbocycles. The second kappa shape index (κ2) is 6.61. The summed E-state index contributed by atoms with van der Waals surface area (Å²) < 4.78 is 31.0. The first-order chi connectivity index (χ1) is 8.97. The van der Waals surface area contributed by atoms with E-state index in [-0.39, 0.29) is 18.6 Å². The first-order valence-corrected chi connectivity index (χ1v) is 6.20. The maximum absolute atomic E-state index is 13.2.